The number of benzene rings is 1. The van der Waals surface area contributed by atoms with E-state index in [0.717, 1.165) is 0 Å². The topological polar surface area (TPSA) is 122 Å². The number of hydrogen-bond donors (Lipinski definition) is 4. The van der Waals surface area contributed by atoms with Gasteiger partial charge in [0.05, 0.1) is 11.8 Å². The van der Waals surface area contributed by atoms with Crippen LogP contribution in [0.3, 0.4) is 0 Å². The molecule has 5 N–H and O–H groups in total. The number of carbonyl (C=O) groups excluding carboxylic acids is 1. The molecular weight excluding hydrogens is 270 g/mol. The second-order valence-electron chi connectivity index (χ2n) is 4.16. The predicted octanol–water partition coefficient (Wildman–Crippen LogP) is 0.401. The quantitative estimate of drug-likeness (QED) is 0.605. The van der Waals surface area contributed by atoms with E-state index >= 15 is 0 Å². The van der Waals surface area contributed by atoms with Gasteiger partial charge in [-0.15, -0.1) is 0 Å². The number of anilines is 2. The summed E-state index contributed by atoms with van der Waals surface area (Å²) in [6.45, 7) is 1.60. The van der Waals surface area contributed by atoms with Gasteiger partial charge in [-0.1, -0.05) is 6.07 Å². The summed E-state index contributed by atoms with van der Waals surface area (Å²) in [6, 6.07) is 6.16. The summed E-state index contributed by atoms with van der Waals surface area (Å²) in [6.07, 6.45) is 0.00647. The van der Waals surface area contributed by atoms with Gasteiger partial charge in [-0.2, -0.15) is 8.42 Å². The Morgan fingerprint density at radius 1 is 1.42 bits per heavy atom. The fourth-order valence-electron chi connectivity index (χ4n) is 1.39. The highest BCUT2D eigenvalue weighted by molar-refractivity contribution is 7.90. The molecule has 0 radical (unpaired) electrons. The lowest BCUT2D eigenvalue weighted by Gasteiger charge is -2.08. The maximum atomic E-state index is 11.5. The van der Waals surface area contributed by atoms with Crippen LogP contribution in [0.2, 0.25) is 0 Å². The molecule has 0 saturated heterocycles. The maximum absolute atomic E-state index is 11.5. The highest BCUT2D eigenvalue weighted by atomic mass is 32.2. The molecule has 1 unspecified atom stereocenters. The van der Waals surface area contributed by atoms with Crippen LogP contribution in [0.25, 0.3) is 0 Å². The van der Waals surface area contributed by atoms with Crippen molar-refractivity contribution >= 4 is 27.5 Å². The summed E-state index contributed by atoms with van der Waals surface area (Å²) in [7, 11) is -3.84. The molecule has 8 heteroatoms. The Hall–Kier alpha value is -1.64. The van der Waals surface area contributed by atoms with Crippen LogP contribution in [0.15, 0.2) is 24.3 Å². The molecule has 1 rings (SSSR count). The average Bonchev–Trinajstić information content (AvgIpc) is 2.24. The summed E-state index contributed by atoms with van der Waals surface area (Å²) in [4.78, 5) is 11.5. The van der Waals surface area contributed by atoms with E-state index in [1.165, 1.54) is 12.1 Å². The minimum atomic E-state index is -3.84. The SMILES string of the molecule is CC(O)CCC(=O)Nc1cccc(NS(N)(=O)=O)c1. The standard InChI is InChI=1S/C11H17N3O4S/c1-8(15)5-6-11(16)13-9-3-2-4-10(7-9)14-19(12,17)18/h2-4,7-8,14-15H,5-6H2,1H3,(H,13,16)(H2,12,17,18). The second-order valence-corrected chi connectivity index (χ2v) is 5.46. The summed E-state index contributed by atoms with van der Waals surface area (Å²) in [5, 5.41) is 16.5. The molecule has 19 heavy (non-hydrogen) atoms. The Morgan fingerprint density at radius 2 is 2.05 bits per heavy atom. The molecule has 7 nitrogen and oxygen atoms in total. The van der Waals surface area contributed by atoms with E-state index in [1.54, 1.807) is 19.1 Å². The lowest BCUT2D eigenvalue weighted by molar-refractivity contribution is -0.116. The van der Waals surface area contributed by atoms with Crippen molar-refractivity contribution in [1.29, 1.82) is 0 Å². The van der Waals surface area contributed by atoms with E-state index in [2.05, 4.69) is 10.0 Å². The zero-order chi connectivity index (χ0) is 14.5. The van der Waals surface area contributed by atoms with Gasteiger partial charge in [0.2, 0.25) is 5.91 Å². The van der Waals surface area contributed by atoms with Gasteiger partial charge >= 0.3 is 0 Å². The Kier molecular flexibility index (Phi) is 5.28. The van der Waals surface area contributed by atoms with Gasteiger partial charge in [0.25, 0.3) is 10.2 Å². The van der Waals surface area contributed by atoms with Crippen LogP contribution in [0.1, 0.15) is 19.8 Å². The number of rotatable bonds is 6. The Bertz CT molecular complexity index is 543. The second kappa shape index (κ2) is 6.50. The number of aliphatic hydroxyl groups excluding tert-OH is 1. The fraction of sp³-hybridized carbons (Fsp3) is 0.364. The molecule has 1 atom stereocenters. The normalized spacial score (nSPS) is 12.8. The molecule has 0 aromatic heterocycles. The van der Waals surface area contributed by atoms with Crippen molar-refractivity contribution in [2.24, 2.45) is 5.14 Å². The number of hydrogen-bond acceptors (Lipinski definition) is 4. The highest BCUT2D eigenvalue weighted by Gasteiger charge is 2.06. The first-order valence-electron chi connectivity index (χ1n) is 5.65. The van der Waals surface area contributed by atoms with Crippen LogP contribution in [0, 0.1) is 0 Å². The van der Waals surface area contributed by atoms with E-state index in [4.69, 9.17) is 10.2 Å². The van der Waals surface area contributed by atoms with Crippen LogP contribution in [0.4, 0.5) is 11.4 Å². The third-order valence-electron chi connectivity index (χ3n) is 2.20. The van der Waals surface area contributed by atoms with E-state index in [1.807, 2.05) is 0 Å². The summed E-state index contributed by atoms with van der Waals surface area (Å²) >= 11 is 0. The van der Waals surface area contributed by atoms with Crippen molar-refractivity contribution in [3.8, 4) is 0 Å². The molecule has 0 aliphatic carbocycles. The van der Waals surface area contributed by atoms with E-state index in [0.29, 0.717) is 12.1 Å². The van der Waals surface area contributed by atoms with Crippen molar-refractivity contribution in [1.82, 2.24) is 0 Å². The van der Waals surface area contributed by atoms with Crippen LogP contribution in [-0.2, 0) is 15.0 Å². The molecule has 0 spiro atoms. The molecule has 1 aromatic rings. The Labute approximate surface area is 112 Å². The average molecular weight is 287 g/mol. The van der Waals surface area contributed by atoms with Gasteiger partial charge in [0.15, 0.2) is 0 Å². The lowest BCUT2D eigenvalue weighted by atomic mass is 10.2. The lowest BCUT2D eigenvalue weighted by Crippen LogP contribution is -2.21. The number of nitrogens with two attached hydrogens (primary N) is 1. The van der Waals surface area contributed by atoms with Crippen molar-refractivity contribution < 1.29 is 18.3 Å². The van der Waals surface area contributed by atoms with Crippen molar-refractivity contribution in [3.63, 3.8) is 0 Å². The molecule has 0 saturated carbocycles. The number of nitrogens with one attached hydrogen (secondary N) is 2. The number of aliphatic hydroxyl groups is 1. The molecule has 0 heterocycles. The molecule has 1 amide bonds. The Balaban J connectivity index is 2.64. The highest BCUT2D eigenvalue weighted by Crippen LogP contribution is 2.16. The molecule has 0 fully saturated rings. The monoisotopic (exact) mass is 287 g/mol. The van der Waals surface area contributed by atoms with Gasteiger partial charge in [-0.3, -0.25) is 9.52 Å². The molecule has 0 aliphatic rings. The van der Waals surface area contributed by atoms with Gasteiger partial charge in [-0.05, 0) is 31.5 Å². The zero-order valence-corrected chi connectivity index (χ0v) is 11.3. The van der Waals surface area contributed by atoms with Gasteiger partial charge in [0, 0.05) is 12.1 Å². The molecule has 0 bridgehead atoms. The number of amides is 1. The van der Waals surface area contributed by atoms with Crippen LogP contribution < -0.4 is 15.2 Å². The minimum absolute atomic E-state index is 0.185. The molecular formula is C11H17N3O4S. The van der Waals surface area contributed by atoms with Crippen molar-refractivity contribution in [2.45, 2.75) is 25.9 Å². The first-order chi connectivity index (χ1) is 8.76. The third-order valence-corrected chi connectivity index (χ3v) is 2.72. The van der Waals surface area contributed by atoms with E-state index in [9.17, 15) is 13.2 Å². The predicted molar refractivity (Wildman–Crippen MR) is 72.7 cm³/mol. The maximum Gasteiger partial charge on any atom is 0.296 e. The van der Waals surface area contributed by atoms with Gasteiger partial charge < -0.3 is 10.4 Å². The molecule has 106 valence electrons. The van der Waals surface area contributed by atoms with Crippen molar-refractivity contribution in [3.05, 3.63) is 24.3 Å². The van der Waals surface area contributed by atoms with Crippen LogP contribution in [0.5, 0.6) is 0 Å². The van der Waals surface area contributed by atoms with E-state index < -0.39 is 16.3 Å². The van der Waals surface area contributed by atoms with Crippen molar-refractivity contribution in [2.75, 3.05) is 10.0 Å². The fourth-order valence-corrected chi connectivity index (χ4v) is 1.84. The minimum Gasteiger partial charge on any atom is -0.393 e. The van der Waals surface area contributed by atoms with Crippen LogP contribution in [-0.4, -0.2) is 25.5 Å². The van der Waals surface area contributed by atoms with Gasteiger partial charge in [-0.25, -0.2) is 5.14 Å². The first-order valence-corrected chi connectivity index (χ1v) is 7.19. The zero-order valence-electron chi connectivity index (χ0n) is 10.5. The van der Waals surface area contributed by atoms with E-state index in [-0.39, 0.29) is 18.0 Å². The third kappa shape index (κ3) is 6.75. The van der Waals surface area contributed by atoms with Gasteiger partial charge in [0.1, 0.15) is 0 Å². The van der Waals surface area contributed by atoms with Crippen LogP contribution >= 0.6 is 0 Å². The summed E-state index contributed by atoms with van der Waals surface area (Å²) in [5.41, 5.74) is 0.708. The summed E-state index contributed by atoms with van der Waals surface area (Å²) in [5.74, 6) is -0.256. The smallest absolute Gasteiger partial charge is 0.296 e. The molecule has 0 aliphatic heterocycles. The Morgan fingerprint density at radius 3 is 2.63 bits per heavy atom. The molecule has 1 aromatic carbocycles. The summed E-state index contributed by atoms with van der Waals surface area (Å²) < 4.78 is 23.8. The number of carbonyl (C=O) groups is 1. The first kappa shape index (κ1) is 15.4. The largest absolute Gasteiger partial charge is 0.393 e.